The summed E-state index contributed by atoms with van der Waals surface area (Å²) in [6.07, 6.45) is 0.0148. The number of hydrogen-bond acceptors (Lipinski definition) is 8. The normalized spacial score (nSPS) is 16.8. The minimum atomic E-state index is -4.55. The van der Waals surface area contributed by atoms with Crippen molar-refractivity contribution in [3.05, 3.63) is 36.5 Å². The van der Waals surface area contributed by atoms with Gasteiger partial charge in [0.15, 0.2) is 17.5 Å². The summed E-state index contributed by atoms with van der Waals surface area (Å²) in [4.78, 5) is 28.3. The third-order valence-electron chi connectivity index (χ3n) is 6.51. The van der Waals surface area contributed by atoms with Gasteiger partial charge < -0.3 is 19.4 Å². The number of carbonyl (C=O) groups excluding carboxylic acids is 1. The average Bonchev–Trinajstić information content (AvgIpc) is 3.21. The molecule has 1 aliphatic carbocycles. The van der Waals surface area contributed by atoms with E-state index in [9.17, 15) is 18.0 Å². The van der Waals surface area contributed by atoms with Crippen LogP contribution in [0.15, 0.2) is 35.0 Å². The molecular formula is C23H23F3N6O3. The molecule has 2 aromatic heterocycles. The molecule has 1 spiro atoms. The largest absolute Gasteiger partial charge is 0.496 e. The van der Waals surface area contributed by atoms with Gasteiger partial charge >= 0.3 is 6.18 Å². The van der Waals surface area contributed by atoms with Crippen LogP contribution in [0.4, 0.5) is 36.3 Å². The second-order valence-electron chi connectivity index (χ2n) is 8.64. The van der Waals surface area contributed by atoms with Gasteiger partial charge in [0.1, 0.15) is 23.5 Å². The summed E-state index contributed by atoms with van der Waals surface area (Å²) in [7, 11) is 3.22. The molecule has 3 heterocycles. The van der Waals surface area contributed by atoms with Crippen LogP contribution >= 0.6 is 0 Å². The van der Waals surface area contributed by atoms with Gasteiger partial charge in [0.25, 0.3) is 5.91 Å². The molecule has 12 heteroatoms. The van der Waals surface area contributed by atoms with Gasteiger partial charge in [0, 0.05) is 25.7 Å². The summed E-state index contributed by atoms with van der Waals surface area (Å²) in [5.74, 6) is 1.49. The van der Waals surface area contributed by atoms with E-state index in [0.29, 0.717) is 41.5 Å². The van der Waals surface area contributed by atoms with E-state index in [0.717, 1.165) is 11.3 Å². The molecule has 1 aromatic carbocycles. The number of ether oxygens (including phenoxy) is 1. The van der Waals surface area contributed by atoms with Crippen LogP contribution in [0.3, 0.4) is 0 Å². The Kier molecular flexibility index (Phi) is 5.33. The molecule has 1 fully saturated rings. The first-order valence-electron chi connectivity index (χ1n) is 11.0. The smallest absolute Gasteiger partial charge is 0.406 e. The van der Waals surface area contributed by atoms with E-state index >= 15 is 0 Å². The summed E-state index contributed by atoms with van der Waals surface area (Å²) in [5.41, 5.74) is 0.329. The molecule has 1 amide bonds. The number of anilines is 4. The quantitative estimate of drug-likeness (QED) is 0.562. The maximum atomic E-state index is 13.3. The molecular weight excluding hydrogens is 465 g/mol. The van der Waals surface area contributed by atoms with Crippen molar-refractivity contribution in [3.63, 3.8) is 0 Å². The summed E-state index contributed by atoms with van der Waals surface area (Å²) in [5, 5.41) is 3.07. The van der Waals surface area contributed by atoms with Crippen LogP contribution in [0.1, 0.15) is 25.2 Å². The minimum Gasteiger partial charge on any atom is -0.496 e. The number of benzene rings is 1. The highest BCUT2D eigenvalue weighted by atomic mass is 19.4. The Bertz CT molecular complexity index is 1290. The van der Waals surface area contributed by atoms with Gasteiger partial charge in [-0.15, -0.1) is 0 Å². The molecule has 0 saturated heterocycles. The number of aryl methyl sites for hydroxylation is 1. The Hall–Kier alpha value is -3.83. The lowest BCUT2D eigenvalue weighted by atomic mass is 9.73. The van der Waals surface area contributed by atoms with E-state index in [4.69, 9.17) is 9.15 Å². The van der Waals surface area contributed by atoms with Crippen molar-refractivity contribution in [2.45, 2.75) is 37.9 Å². The highest BCUT2D eigenvalue weighted by molar-refractivity contribution is 6.08. The fourth-order valence-electron chi connectivity index (χ4n) is 4.56. The molecule has 0 radical (unpaired) electrons. The number of oxazole rings is 1. The number of carbonyl (C=O) groups is 1. The van der Waals surface area contributed by atoms with E-state index in [1.807, 2.05) is 0 Å². The first-order chi connectivity index (χ1) is 16.6. The molecule has 9 nitrogen and oxygen atoms in total. The molecule has 1 saturated carbocycles. The van der Waals surface area contributed by atoms with Crippen LogP contribution < -0.4 is 19.9 Å². The number of fused-ring (bicyclic) bond motifs is 1. The zero-order valence-electron chi connectivity index (χ0n) is 19.3. The molecule has 5 rings (SSSR count). The van der Waals surface area contributed by atoms with Crippen molar-refractivity contribution < 1.29 is 27.1 Å². The number of aromatic nitrogens is 3. The summed E-state index contributed by atoms with van der Waals surface area (Å²) < 4.78 is 50.9. The number of nitrogens with one attached hydrogen (secondary N) is 1. The van der Waals surface area contributed by atoms with Crippen LogP contribution in [0.2, 0.25) is 0 Å². The number of nitrogens with zero attached hydrogens (tertiary/aromatic N) is 5. The van der Waals surface area contributed by atoms with E-state index in [1.54, 1.807) is 43.3 Å². The number of halogens is 3. The van der Waals surface area contributed by atoms with Gasteiger partial charge in [-0.25, -0.2) is 9.97 Å². The Balaban J connectivity index is 1.48. The average molecular weight is 488 g/mol. The summed E-state index contributed by atoms with van der Waals surface area (Å²) in [6, 6.07) is 5.29. The highest BCUT2D eigenvalue weighted by Gasteiger charge is 2.55. The zero-order valence-corrected chi connectivity index (χ0v) is 19.3. The van der Waals surface area contributed by atoms with E-state index in [1.165, 1.54) is 13.3 Å². The predicted molar refractivity (Wildman–Crippen MR) is 122 cm³/mol. The third-order valence-corrected chi connectivity index (χ3v) is 6.51. The van der Waals surface area contributed by atoms with Gasteiger partial charge in [-0.3, -0.25) is 9.69 Å². The summed E-state index contributed by atoms with van der Waals surface area (Å²) >= 11 is 0. The van der Waals surface area contributed by atoms with Crippen LogP contribution in [-0.4, -0.2) is 53.3 Å². The summed E-state index contributed by atoms with van der Waals surface area (Å²) in [6.45, 7) is 0.359. The monoisotopic (exact) mass is 488 g/mol. The Labute approximate surface area is 198 Å². The van der Waals surface area contributed by atoms with Crippen molar-refractivity contribution in [1.29, 1.82) is 0 Å². The van der Waals surface area contributed by atoms with Gasteiger partial charge in [-0.1, -0.05) is 0 Å². The van der Waals surface area contributed by atoms with Crippen LogP contribution in [0, 0.1) is 6.92 Å². The fraction of sp³-hybridized carbons (Fsp3) is 0.391. The molecule has 0 atom stereocenters. The third kappa shape index (κ3) is 3.92. The van der Waals surface area contributed by atoms with E-state index in [2.05, 4.69) is 20.3 Å². The Morgan fingerprint density at radius 2 is 2.00 bits per heavy atom. The van der Waals surface area contributed by atoms with Crippen molar-refractivity contribution in [3.8, 4) is 17.1 Å². The van der Waals surface area contributed by atoms with Crippen LogP contribution in [-0.2, 0) is 4.79 Å². The van der Waals surface area contributed by atoms with Crippen LogP contribution in [0.25, 0.3) is 11.3 Å². The van der Waals surface area contributed by atoms with Crippen molar-refractivity contribution in [2.24, 2.45) is 0 Å². The molecule has 0 unspecified atom stereocenters. The van der Waals surface area contributed by atoms with Gasteiger partial charge in [0.2, 0.25) is 5.95 Å². The molecule has 3 aromatic rings. The number of alkyl halides is 3. The lowest BCUT2D eigenvalue weighted by molar-refractivity contribution is -0.138. The maximum absolute atomic E-state index is 13.3. The molecule has 0 bridgehead atoms. The van der Waals surface area contributed by atoms with E-state index in [-0.39, 0.29) is 17.5 Å². The Morgan fingerprint density at radius 3 is 2.60 bits per heavy atom. The maximum Gasteiger partial charge on any atom is 0.406 e. The SMILES string of the molecule is COc1cc(Nc2ncc3c(n2)N(C)C2(CCC2)C(=O)N3CC(F)(F)F)ccc1-c1cnc(C)o1. The second kappa shape index (κ2) is 8.14. The van der Waals surface area contributed by atoms with Gasteiger partial charge in [-0.2, -0.15) is 18.2 Å². The van der Waals surface area contributed by atoms with Crippen molar-refractivity contribution in [1.82, 2.24) is 15.0 Å². The van der Waals surface area contributed by atoms with Crippen molar-refractivity contribution in [2.75, 3.05) is 35.8 Å². The van der Waals surface area contributed by atoms with Gasteiger partial charge in [0.05, 0.1) is 25.1 Å². The Morgan fingerprint density at radius 1 is 1.23 bits per heavy atom. The second-order valence-corrected chi connectivity index (χ2v) is 8.64. The standard InChI is InChI=1S/C23H23F3N6O3/c1-13-27-11-18(35-13)15-6-5-14(9-17(15)34-3)29-21-28-10-16-19(30-21)31(2)22(7-4-8-22)20(33)32(16)12-23(24,25)26/h5-6,9-11H,4,7-8,12H2,1-3H3,(H,28,29,30). The molecule has 1 aliphatic heterocycles. The number of methoxy groups -OCH3 is 1. The van der Waals surface area contributed by atoms with Crippen LogP contribution in [0.5, 0.6) is 5.75 Å². The first kappa shape index (κ1) is 22.9. The molecule has 35 heavy (non-hydrogen) atoms. The number of hydrogen-bond donors (Lipinski definition) is 1. The molecule has 1 N–H and O–H groups in total. The number of rotatable bonds is 5. The highest BCUT2D eigenvalue weighted by Crippen LogP contribution is 2.48. The van der Waals surface area contributed by atoms with Crippen molar-refractivity contribution >= 4 is 29.0 Å². The molecule has 184 valence electrons. The topological polar surface area (TPSA) is 96.6 Å². The lowest BCUT2D eigenvalue weighted by Crippen LogP contribution is -2.67. The zero-order chi connectivity index (χ0) is 25.0. The molecule has 2 aliphatic rings. The number of likely N-dealkylation sites (N-methyl/N-ethyl adjacent to an activating group) is 1. The lowest BCUT2D eigenvalue weighted by Gasteiger charge is -2.53. The van der Waals surface area contributed by atoms with Gasteiger partial charge in [-0.05, 0) is 31.4 Å². The first-order valence-corrected chi connectivity index (χ1v) is 11.0. The van der Waals surface area contributed by atoms with E-state index < -0.39 is 24.2 Å². The number of amides is 1. The fourth-order valence-corrected chi connectivity index (χ4v) is 4.56. The predicted octanol–water partition coefficient (Wildman–Crippen LogP) is 4.46. The minimum absolute atomic E-state index is 0.0338.